The van der Waals surface area contributed by atoms with Crippen molar-refractivity contribution in [1.82, 2.24) is 0 Å². The summed E-state index contributed by atoms with van der Waals surface area (Å²) >= 11 is 0. The summed E-state index contributed by atoms with van der Waals surface area (Å²) in [6.07, 6.45) is 4.06. The SMILES string of the molecule is CCOc1cc(NC(=O)c2ccccc2)c(OCC)cc1NC(=O)/C=C/c1ccc(OCCC(C)C)c(OC)c1. The molecule has 0 aromatic heterocycles. The van der Waals surface area contributed by atoms with E-state index in [1.54, 1.807) is 49.6 Å². The second-order valence-corrected chi connectivity index (χ2v) is 9.29. The van der Waals surface area contributed by atoms with Crippen LogP contribution in [0.2, 0.25) is 0 Å². The van der Waals surface area contributed by atoms with Crippen LogP contribution in [0.5, 0.6) is 23.0 Å². The molecule has 3 aromatic rings. The van der Waals surface area contributed by atoms with Crippen LogP contribution >= 0.6 is 0 Å². The second-order valence-electron chi connectivity index (χ2n) is 9.29. The zero-order valence-corrected chi connectivity index (χ0v) is 23.8. The van der Waals surface area contributed by atoms with Crippen molar-refractivity contribution in [3.63, 3.8) is 0 Å². The van der Waals surface area contributed by atoms with Gasteiger partial charge < -0.3 is 29.6 Å². The fraction of sp³-hybridized carbons (Fsp3) is 0.312. The molecule has 2 N–H and O–H groups in total. The molecule has 0 aliphatic carbocycles. The highest BCUT2D eigenvalue weighted by Crippen LogP contribution is 2.37. The first-order valence-electron chi connectivity index (χ1n) is 13.4. The Balaban J connectivity index is 1.77. The number of ether oxygens (including phenoxy) is 4. The van der Waals surface area contributed by atoms with Gasteiger partial charge in [0.15, 0.2) is 11.5 Å². The summed E-state index contributed by atoms with van der Waals surface area (Å²) < 4.78 is 22.9. The lowest BCUT2D eigenvalue weighted by atomic mass is 10.1. The van der Waals surface area contributed by atoms with Crippen LogP contribution in [0.25, 0.3) is 6.08 Å². The van der Waals surface area contributed by atoms with Crippen LogP contribution in [-0.4, -0.2) is 38.7 Å². The average Bonchev–Trinajstić information content (AvgIpc) is 2.95. The number of benzene rings is 3. The van der Waals surface area contributed by atoms with Gasteiger partial charge >= 0.3 is 0 Å². The molecule has 0 spiro atoms. The minimum absolute atomic E-state index is 0.282. The zero-order valence-electron chi connectivity index (χ0n) is 23.8. The van der Waals surface area contributed by atoms with E-state index in [-0.39, 0.29) is 11.8 Å². The Morgan fingerprint density at radius 1 is 0.800 bits per heavy atom. The number of carbonyl (C=O) groups is 2. The van der Waals surface area contributed by atoms with Gasteiger partial charge in [-0.25, -0.2) is 0 Å². The van der Waals surface area contributed by atoms with E-state index in [1.165, 1.54) is 6.08 Å². The predicted octanol–water partition coefficient (Wildman–Crippen LogP) is 6.82. The summed E-state index contributed by atoms with van der Waals surface area (Å²) in [5.41, 5.74) is 2.15. The van der Waals surface area contributed by atoms with Crippen molar-refractivity contribution in [1.29, 1.82) is 0 Å². The van der Waals surface area contributed by atoms with Crippen LogP contribution in [0, 0.1) is 5.92 Å². The van der Waals surface area contributed by atoms with E-state index in [0.29, 0.717) is 65.7 Å². The van der Waals surface area contributed by atoms with Gasteiger partial charge in [-0.2, -0.15) is 0 Å². The predicted molar refractivity (Wildman–Crippen MR) is 159 cm³/mol. The third-order valence-corrected chi connectivity index (χ3v) is 5.79. The standard InChI is InChI=1S/C32H38N2O6/c1-6-38-28-21-26(34-32(36)24-11-9-8-10-12-24)29(39-7-2)20-25(28)33-31(35)16-14-23-13-15-27(30(19-23)37-5)40-18-17-22(3)4/h8-16,19-22H,6-7,17-18H2,1-5H3,(H,33,35)(H,34,36)/b16-14+. The lowest BCUT2D eigenvalue weighted by molar-refractivity contribution is -0.111. The number of rotatable bonds is 14. The number of amides is 2. The first-order valence-corrected chi connectivity index (χ1v) is 13.4. The number of anilines is 2. The van der Waals surface area contributed by atoms with E-state index in [4.69, 9.17) is 18.9 Å². The molecule has 0 aliphatic heterocycles. The van der Waals surface area contributed by atoms with Crippen molar-refractivity contribution in [2.24, 2.45) is 5.92 Å². The molecule has 212 valence electrons. The molecule has 0 saturated carbocycles. The molecule has 8 heteroatoms. The van der Waals surface area contributed by atoms with Gasteiger partial charge in [-0.1, -0.05) is 38.1 Å². The lowest BCUT2D eigenvalue weighted by Crippen LogP contribution is -2.14. The lowest BCUT2D eigenvalue weighted by Gasteiger charge is -2.17. The molecular weight excluding hydrogens is 508 g/mol. The van der Waals surface area contributed by atoms with E-state index in [0.717, 1.165) is 12.0 Å². The van der Waals surface area contributed by atoms with E-state index in [1.807, 2.05) is 38.1 Å². The molecule has 0 atom stereocenters. The molecule has 0 fully saturated rings. The molecule has 3 aromatic carbocycles. The largest absolute Gasteiger partial charge is 0.493 e. The van der Waals surface area contributed by atoms with E-state index in [2.05, 4.69) is 24.5 Å². The number of hydrogen-bond acceptors (Lipinski definition) is 6. The van der Waals surface area contributed by atoms with Gasteiger partial charge in [0.25, 0.3) is 5.91 Å². The maximum absolute atomic E-state index is 12.9. The summed E-state index contributed by atoms with van der Waals surface area (Å²) in [6.45, 7) is 9.31. The molecule has 0 aliphatic rings. The van der Waals surface area contributed by atoms with E-state index < -0.39 is 0 Å². The molecule has 0 radical (unpaired) electrons. The molecular formula is C32H38N2O6. The van der Waals surface area contributed by atoms with Crippen molar-refractivity contribution in [3.05, 3.63) is 77.9 Å². The Hall–Kier alpha value is -4.46. The van der Waals surface area contributed by atoms with Gasteiger partial charge in [0, 0.05) is 23.8 Å². The Kier molecular flexibility index (Phi) is 11.4. The summed E-state index contributed by atoms with van der Waals surface area (Å²) in [4.78, 5) is 25.6. The normalized spacial score (nSPS) is 10.8. The zero-order chi connectivity index (χ0) is 28.9. The van der Waals surface area contributed by atoms with Crippen LogP contribution in [0.1, 0.15) is 50.0 Å². The fourth-order valence-electron chi connectivity index (χ4n) is 3.75. The minimum Gasteiger partial charge on any atom is -0.493 e. The highest BCUT2D eigenvalue weighted by Gasteiger charge is 2.16. The number of hydrogen-bond donors (Lipinski definition) is 2. The Labute approximate surface area is 236 Å². The summed E-state index contributed by atoms with van der Waals surface area (Å²) in [7, 11) is 1.59. The van der Waals surface area contributed by atoms with Gasteiger partial charge in [-0.05, 0) is 62.1 Å². The first-order chi connectivity index (χ1) is 19.3. The van der Waals surface area contributed by atoms with Crippen molar-refractivity contribution in [3.8, 4) is 23.0 Å². The van der Waals surface area contributed by atoms with Gasteiger partial charge in [0.05, 0.1) is 38.3 Å². The second kappa shape index (κ2) is 15.2. The Morgan fingerprint density at radius 3 is 2.05 bits per heavy atom. The Bertz CT molecular complexity index is 1300. The third kappa shape index (κ3) is 8.80. The van der Waals surface area contributed by atoms with Crippen LogP contribution < -0.4 is 29.6 Å². The molecule has 2 amide bonds. The first kappa shape index (κ1) is 30.1. The van der Waals surface area contributed by atoms with E-state index in [9.17, 15) is 9.59 Å². The van der Waals surface area contributed by atoms with Gasteiger partial charge in [-0.15, -0.1) is 0 Å². The number of nitrogens with one attached hydrogen (secondary N) is 2. The van der Waals surface area contributed by atoms with Gasteiger partial charge in [0.2, 0.25) is 5.91 Å². The topological polar surface area (TPSA) is 95.1 Å². The van der Waals surface area contributed by atoms with Gasteiger partial charge in [-0.3, -0.25) is 9.59 Å². The van der Waals surface area contributed by atoms with Crippen LogP contribution in [-0.2, 0) is 4.79 Å². The highest BCUT2D eigenvalue weighted by molar-refractivity contribution is 6.06. The monoisotopic (exact) mass is 546 g/mol. The van der Waals surface area contributed by atoms with Crippen molar-refractivity contribution >= 4 is 29.3 Å². The highest BCUT2D eigenvalue weighted by atomic mass is 16.5. The summed E-state index contributed by atoms with van der Waals surface area (Å²) in [6, 6.07) is 17.7. The molecule has 40 heavy (non-hydrogen) atoms. The molecule has 0 saturated heterocycles. The molecule has 3 rings (SSSR count). The minimum atomic E-state index is -0.360. The van der Waals surface area contributed by atoms with Crippen LogP contribution in [0.4, 0.5) is 11.4 Å². The number of methoxy groups -OCH3 is 1. The third-order valence-electron chi connectivity index (χ3n) is 5.79. The van der Waals surface area contributed by atoms with Crippen LogP contribution in [0.3, 0.4) is 0 Å². The summed E-state index contributed by atoms with van der Waals surface area (Å²) in [5, 5.41) is 5.73. The average molecular weight is 547 g/mol. The van der Waals surface area contributed by atoms with E-state index >= 15 is 0 Å². The molecule has 0 bridgehead atoms. The number of carbonyl (C=O) groups excluding carboxylic acids is 2. The van der Waals surface area contributed by atoms with Crippen LogP contribution in [0.15, 0.2) is 66.7 Å². The maximum atomic E-state index is 12.9. The van der Waals surface area contributed by atoms with Gasteiger partial charge in [0.1, 0.15) is 11.5 Å². The molecule has 8 nitrogen and oxygen atoms in total. The summed E-state index contributed by atoms with van der Waals surface area (Å²) in [5.74, 6) is 1.97. The van der Waals surface area contributed by atoms with Crippen molar-refractivity contribution in [2.75, 3.05) is 37.6 Å². The smallest absolute Gasteiger partial charge is 0.255 e. The maximum Gasteiger partial charge on any atom is 0.255 e. The molecule has 0 heterocycles. The fourth-order valence-corrected chi connectivity index (χ4v) is 3.75. The Morgan fingerprint density at radius 2 is 1.45 bits per heavy atom. The quantitative estimate of drug-likeness (QED) is 0.215. The van der Waals surface area contributed by atoms with Crippen molar-refractivity contribution in [2.45, 2.75) is 34.1 Å². The molecule has 0 unspecified atom stereocenters. The van der Waals surface area contributed by atoms with Crippen molar-refractivity contribution < 1.29 is 28.5 Å².